The number of hydrogen-bond donors (Lipinski definition) is 5. The average Bonchev–Trinajstić information content (AvgIpc) is 3.51. The summed E-state index contributed by atoms with van der Waals surface area (Å²) in [5.41, 5.74) is 13.3. The Morgan fingerprint density at radius 1 is 1.26 bits per heavy atom. The minimum atomic E-state index is -0.941. The molecule has 39 heavy (non-hydrogen) atoms. The lowest BCUT2D eigenvalue weighted by Crippen LogP contribution is -2.54. The van der Waals surface area contributed by atoms with Gasteiger partial charge < -0.3 is 20.1 Å². The average molecular weight is 538 g/mol. The summed E-state index contributed by atoms with van der Waals surface area (Å²) in [6, 6.07) is 6.50. The summed E-state index contributed by atoms with van der Waals surface area (Å²) in [4.78, 5) is 19.1. The first-order valence-corrected chi connectivity index (χ1v) is 12.9. The molecule has 10 nitrogen and oxygen atoms in total. The molecule has 204 valence electrons. The molecular weight excluding hydrogens is 508 g/mol. The van der Waals surface area contributed by atoms with E-state index in [9.17, 15) is 18.7 Å². The number of fused-ring (bicyclic) bond motifs is 2. The van der Waals surface area contributed by atoms with Gasteiger partial charge in [-0.2, -0.15) is 0 Å². The number of piperidine rings is 1. The van der Waals surface area contributed by atoms with Gasteiger partial charge in [-0.25, -0.2) is 24.6 Å². The van der Waals surface area contributed by atoms with E-state index in [0.29, 0.717) is 31.9 Å². The number of hydrazine groups is 2. The van der Waals surface area contributed by atoms with Crippen molar-refractivity contribution in [3.8, 4) is 0 Å². The number of aliphatic hydroxyl groups is 1. The second-order valence-corrected chi connectivity index (χ2v) is 9.71. The first kappa shape index (κ1) is 25.4. The van der Waals surface area contributed by atoms with Crippen molar-refractivity contribution in [3.05, 3.63) is 88.6 Å². The number of nitrogens with one attached hydrogen (secondary N) is 4. The molecule has 3 atom stereocenters. The van der Waals surface area contributed by atoms with Crippen LogP contribution in [0.4, 0.5) is 14.6 Å². The molecule has 2 aromatic rings. The number of carbonyl (C=O) groups is 1. The van der Waals surface area contributed by atoms with Crippen LogP contribution in [-0.4, -0.2) is 65.6 Å². The van der Waals surface area contributed by atoms with Gasteiger partial charge in [-0.3, -0.25) is 15.2 Å². The lowest BCUT2D eigenvalue weighted by atomic mass is 9.97. The van der Waals surface area contributed by atoms with E-state index in [1.807, 2.05) is 41.2 Å². The second-order valence-electron chi connectivity index (χ2n) is 9.71. The van der Waals surface area contributed by atoms with Crippen molar-refractivity contribution in [1.82, 2.24) is 31.6 Å². The molecule has 4 aliphatic heterocycles. The van der Waals surface area contributed by atoms with Crippen LogP contribution in [0.1, 0.15) is 29.3 Å². The Bertz CT molecular complexity index is 1360. The van der Waals surface area contributed by atoms with Crippen LogP contribution in [0.25, 0.3) is 5.57 Å². The van der Waals surface area contributed by atoms with Crippen molar-refractivity contribution >= 4 is 17.3 Å². The molecule has 1 aromatic heterocycles. The van der Waals surface area contributed by atoms with E-state index < -0.39 is 35.3 Å². The van der Waals surface area contributed by atoms with Crippen molar-refractivity contribution in [2.75, 3.05) is 31.1 Å². The third-order valence-corrected chi connectivity index (χ3v) is 7.27. The summed E-state index contributed by atoms with van der Waals surface area (Å²) in [6.07, 6.45) is 5.18. The Morgan fingerprint density at radius 3 is 2.79 bits per heavy atom. The maximum atomic E-state index is 14.0. The molecule has 1 aromatic carbocycles. The number of pyridine rings is 1. The normalized spacial score (nSPS) is 24.3. The van der Waals surface area contributed by atoms with Gasteiger partial charge in [0.1, 0.15) is 34.9 Å². The van der Waals surface area contributed by atoms with Crippen LogP contribution in [0.2, 0.25) is 0 Å². The number of allylic oxidation sites excluding steroid dienone is 2. The molecule has 1 unspecified atom stereocenters. The topological polar surface area (TPSA) is 114 Å². The van der Waals surface area contributed by atoms with Crippen molar-refractivity contribution in [2.45, 2.75) is 31.7 Å². The molecule has 2 saturated heterocycles. The summed E-state index contributed by atoms with van der Waals surface area (Å²) < 4.78 is 33.8. The molecule has 1 amide bonds. The molecule has 4 aliphatic rings. The predicted octanol–water partition coefficient (Wildman–Crippen LogP) is 1.51. The maximum Gasteiger partial charge on any atom is 0.257 e. The second kappa shape index (κ2) is 10.4. The van der Waals surface area contributed by atoms with Crippen LogP contribution in [0, 0.1) is 11.6 Å². The first-order chi connectivity index (χ1) is 18.9. The monoisotopic (exact) mass is 537 g/mol. The number of anilines is 1. The van der Waals surface area contributed by atoms with Crippen molar-refractivity contribution < 1.29 is 23.4 Å². The largest absolute Gasteiger partial charge is 0.492 e. The molecule has 0 radical (unpaired) electrons. The Labute approximate surface area is 224 Å². The zero-order valence-corrected chi connectivity index (χ0v) is 21.2. The number of carbonyl (C=O) groups excluding carboxylic acids is 1. The number of ether oxygens (including phenoxy) is 1. The number of amides is 1. The lowest BCUT2D eigenvalue weighted by Gasteiger charge is -2.37. The fourth-order valence-corrected chi connectivity index (χ4v) is 5.37. The third-order valence-electron chi connectivity index (χ3n) is 7.27. The molecule has 0 aliphatic carbocycles. The standard InChI is InChI=1S/C27H29F2N7O3/c1-2-39-16-10-17(25-18-12-31-33-26(18)34-36(25)13-16)15-6-7-23(30-11-15)35-9-8-21(22(37)14-35)32-27(38)24-19(28)4-3-5-20(24)29/h3-7,10-11,13,21-22,26,31,33-34,37H,2,8-9,12,14H2,1H3,(H,32,38)/t21-,22+,26?/m0/s1. The zero-order valence-electron chi connectivity index (χ0n) is 21.2. The van der Waals surface area contributed by atoms with Gasteiger partial charge in [0.15, 0.2) is 0 Å². The van der Waals surface area contributed by atoms with Crippen LogP contribution < -0.4 is 26.5 Å². The van der Waals surface area contributed by atoms with Crippen LogP contribution >= 0.6 is 0 Å². The molecule has 0 spiro atoms. The van der Waals surface area contributed by atoms with Gasteiger partial charge in [0.2, 0.25) is 0 Å². The van der Waals surface area contributed by atoms with E-state index in [2.05, 4.69) is 26.6 Å². The highest BCUT2D eigenvalue weighted by molar-refractivity contribution is 5.95. The van der Waals surface area contributed by atoms with Gasteiger partial charge in [-0.05, 0) is 43.7 Å². The molecule has 12 heteroatoms. The molecular formula is C27H29F2N7O3. The van der Waals surface area contributed by atoms with Crippen molar-refractivity contribution in [3.63, 3.8) is 0 Å². The highest BCUT2D eigenvalue weighted by Gasteiger charge is 2.37. The summed E-state index contributed by atoms with van der Waals surface area (Å²) in [7, 11) is 0. The number of halogens is 2. The highest BCUT2D eigenvalue weighted by Crippen LogP contribution is 2.38. The quantitative estimate of drug-likeness (QED) is 0.374. The number of aliphatic hydroxyl groups excluding tert-OH is 1. The van der Waals surface area contributed by atoms with Gasteiger partial charge in [0.25, 0.3) is 5.91 Å². The number of aromatic nitrogens is 1. The summed E-state index contributed by atoms with van der Waals surface area (Å²) in [6.45, 7) is 3.90. The Kier molecular flexibility index (Phi) is 6.77. The SMILES string of the molecule is CCOC1=CN2NC3NNCC3=C2C(c2ccc(N3CC[C@H](NC(=O)c4c(F)cccc4F)[C@H](O)C3)nc2)=C1. The van der Waals surface area contributed by atoms with Crippen LogP contribution in [0.15, 0.2) is 65.8 Å². The summed E-state index contributed by atoms with van der Waals surface area (Å²) in [5, 5.41) is 15.3. The maximum absolute atomic E-state index is 14.0. The van der Waals surface area contributed by atoms with Gasteiger partial charge in [-0.15, -0.1) is 0 Å². The van der Waals surface area contributed by atoms with E-state index in [0.717, 1.165) is 34.7 Å². The fourth-order valence-electron chi connectivity index (χ4n) is 5.37. The summed E-state index contributed by atoms with van der Waals surface area (Å²) >= 11 is 0. The summed E-state index contributed by atoms with van der Waals surface area (Å²) in [5.74, 6) is -1.34. The van der Waals surface area contributed by atoms with E-state index in [1.165, 1.54) is 11.6 Å². The molecule has 5 N–H and O–H groups in total. The molecule has 0 saturated carbocycles. The van der Waals surface area contributed by atoms with Crippen molar-refractivity contribution in [2.24, 2.45) is 0 Å². The van der Waals surface area contributed by atoms with E-state index in [-0.39, 0.29) is 12.7 Å². The lowest BCUT2D eigenvalue weighted by molar-refractivity contribution is 0.0790. The Morgan fingerprint density at radius 2 is 2.08 bits per heavy atom. The molecule has 0 bridgehead atoms. The Hall–Kier alpha value is -3.84. The number of rotatable bonds is 6. The smallest absolute Gasteiger partial charge is 0.257 e. The van der Waals surface area contributed by atoms with E-state index in [4.69, 9.17) is 4.74 Å². The zero-order chi connectivity index (χ0) is 27.1. The van der Waals surface area contributed by atoms with Crippen molar-refractivity contribution in [1.29, 1.82) is 0 Å². The Balaban J connectivity index is 1.16. The third kappa shape index (κ3) is 4.76. The van der Waals surface area contributed by atoms with E-state index in [1.54, 1.807) is 6.20 Å². The number of nitrogens with zero attached hydrogens (tertiary/aromatic N) is 3. The van der Waals surface area contributed by atoms with Gasteiger partial charge in [0.05, 0.1) is 30.6 Å². The number of benzene rings is 1. The number of hydrogen-bond acceptors (Lipinski definition) is 9. The predicted molar refractivity (Wildman–Crippen MR) is 139 cm³/mol. The van der Waals surface area contributed by atoms with Crippen LogP contribution in [0.5, 0.6) is 0 Å². The molecule has 6 rings (SSSR count). The fraction of sp³-hybridized carbons (Fsp3) is 0.333. The van der Waals surface area contributed by atoms with Gasteiger partial charge >= 0.3 is 0 Å². The first-order valence-electron chi connectivity index (χ1n) is 12.9. The molecule has 2 fully saturated rings. The minimum Gasteiger partial charge on any atom is -0.492 e. The van der Waals surface area contributed by atoms with Gasteiger partial charge in [0, 0.05) is 42.5 Å². The highest BCUT2D eigenvalue weighted by atomic mass is 19.1. The molecule has 5 heterocycles. The number of β-amino-alcohol motifs (C(OH)–C–C–N with tert-alkyl or cyclic N) is 1. The van der Waals surface area contributed by atoms with Gasteiger partial charge in [-0.1, -0.05) is 6.07 Å². The van der Waals surface area contributed by atoms with E-state index >= 15 is 0 Å². The minimum absolute atomic E-state index is 0.00832. The van der Waals surface area contributed by atoms with Crippen LogP contribution in [0.3, 0.4) is 0 Å². The van der Waals surface area contributed by atoms with Crippen LogP contribution in [-0.2, 0) is 4.74 Å².